The maximum absolute atomic E-state index is 6.69. The molecule has 0 fully saturated rings. The lowest BCUT2D eigenvalue weighted by molar-refractivity contribution is 0.477. The summed E-state index contributed by atoms with van der Waals surface area (Å²) in [5.41, 5.74) is 11.7. The molecule has 0 spiro atoms. The van der Waals surface area contributed by atoms with Gasteiger partial charge < -0.3 is 13.9 Å². The molecule has 9 aromatic carbocycles. The summed E-state index contributed by atoms with van der Waals surface area (Å²) in [4.78, 5) is 18.1. The van der Waals surface area contributed by atoms with Crippen molar-refractivity contribution in [2.24, 2.45) is 0 Å². The van der Waals surface area contributed by atoms with Crippen LogP contribution < -0.4 is 9.64 Å². The van der Waals surface area contributed by atoms with Gasteiger partial charge in [-0.15, -0.1) is 0 Å². The molecule has 7 heteroatoms. The standard InChI is InChI=1S/C57H36N6O/c1-3-19-37(20-4-1)55-58-56(38-21-5-2-6-22-38)60-57(59-55)39-35-50(61-44-27-11-7-23-40(44)41-24-8-12-28-45(41)61)54(63-48-31-15-17-33-52(48)64-53-34-18-16-32-49(53)63)51(36-39)62-46-29-13-9-25-42(46)43-26-10-14-30-47(43)62/h1-36H. The molecule has 0 atom stereocenters. The fourth-order valence-electron chi connectivity index (χ4n) is 9.55. The third-order valence-corrected chi connectivity index (χ3v) is 12.3. The number of aromatic nitrogens is 5. The Balaban J connectivity index is 1.24. The van der Waals surface area contributed by atoms with Gasteiger partial charge in [0.25, 0.3) is 0 Å². The number of nitrogens with zero attached hydrogens (tertiary/aromatic N) is 6. The summed E-state index contributed by atoms with van der Waals surface area (Å²) >= 11 is 0. The fraction of sp³-hybridized carbons (Fsp3) is 0. The van der Waals surface area contributed by atoms with Crippen LogP contribution in [0, 0.1) is 0 Å². The highest BCUT2D eigenvalue weighted by molar-refractivity contribution is 6.13. The predicted molar refractivity (Wildman–Crippen MR) is 260 cm³/mol. The topological polar surface area (TPSA) is 61.0 Å². The zero-order valence-corrected chi connectivity index (χ0v) is 34.4. The van der Waals surface area contributed by atoms with Crippen LogP contribution in [-0.4, -0.2) is 24.1 Å². The highest BCUT2D eigenvalue weighted by Gasteiger charge is 2.33. The molecule has 0 unspecified atom stereocenters. The first-order valence-electron chi connectivity index (χ1n) is 21.5. The van der Waals surface area contributed by atoms with Crippen molar-refractivity contribution in [3.05, 3.63) is 218 Å². The number of hydrogen-bond acceptors (Lipinski definition) is 5. The monoisotopic (exact) mass is 820 g/mol. The molecule has 0 saturated carbocycles. The van der Waals surface area contributed by atoms with Gasteiger partial charge in [-0.1, -0.05) is 158 Å². The van der Waals surface area contributed by atoms with E-state index in [0.717, 1.165) is 100 Å². The summed E-state index contributed by atoms with van der Waals surface area (Å²) < 4.78 is 11.5. The van der Waals surface area contributed by atoms with Gasteiger partial charge in [0.15, 0.2) is 29.0 Å². The first-order valence-corrected chi connectivity index (χ1v) is 21.5. The van der Waals surface area contributed by atoms with E-state index in [2.05, 4.69) is 172 Å². The second kappa shape index (κ2) is 14.4. The van der Waals surface area contributed by atoms with Crippen LogP contribution in [0.1, 0.15) is 0 Å². The second-order valence-electron chi connectivity index (χ2n) is 16.0. The second-order valence-corrected chi connectivity index (χ2v) is 16.0. The SMILES string of the molecule is c1ccc(-c2nc(-c3ccccc3)nc(-c3cc(-n4c5ccccc5c5ccccc54)c(N4c5ccccc5Oc5ccccc54)c(-n4c5ccccc5c5ccccc54)c3)n2)cc1. The van der Waals surface area contributed by atoms with E-state index in [4.69, 9.17) is 19.7 Å². The first kappa shape index (κ1) is 35.9. The van der Waals surface area contributed by atoms with Crippen LogP contribution in [0.25, 0.3) is 89.2 Å². The van der Waals surface area contributed by atoms with Gasteiger partial charge in [-0.2, -0.15) is 0 Å². The van der Waals surface area contributed by atoms with Crippen LogP contribution in [-0.2, 0) is 0 Å². The van der Waals surface area contributed by atoms with Gasteiger partial charge in [0.2, 0.25) is 0 Å². The molecular formula is C57H36N6O. The molecule has 0 N–H and O–H groups in total. The zero-order chi connectivity index (χ0) is 42.1. The summed E-state index contributed by atoms with van der Waals surface area (Å²) in [6.07, 6.45) is 0. The molecule has 3 aromatic heterocycles. The van der Waals surface area contributed by atoms with Crippen LogP contribution in [0.15, 0.2) is 218 Å². The van der Waals surface area contributed by atoms with Crippen molar-refractivity contribution in [1.29, 1.82) is 0 Å². The Morgan fingerprint density at radius 3 is 1.03 bits per heavy atom. The molecule has 12 aromatic rings. The number of rotatable bonds is 6. The van der Waals surface area contributed by atoms with E-state index >= 15 is 0 Å². The van der Waals surface area contributed by atoms with E-state index in [1.54, 1.807) is 0 Å². The van der Waals surface area contributed by atoms with Crippen LogP contribution in [0.2, 0.25) is 0 Å². The van der Waals surface area contributed by atoms with Crippen LogP contribution >= 0.6 is 0 Å². The Labute approximate surface area is 368 Å². The largest absolute Gasteiger partial charge is 0.453 e. The number of hydrogen-bond donors (Lipinski definition) is 0. The fourth-order valence-corrected chi connectivity index (χ4v) is 9.55. The maximum atomic E-state index is 6.69. The minimum absolute atomic E-state index is 0.561. The molecule has 7 nitrogen and oxygen atoms in total. The summed E-state index contributed by atoms with van der Waals surface area (Å²) in [6.45, 7) is 0. The minimum Gasteiger partial charge on any atom is -0.453 e. The van der Waals surface area contributed by atoms with Gasteiger partial charge in [-0.3, -0.25) is 4.90 Å². The number of para-hydroxylation sites is 8. The quantitative estimate of drug-likeness (QED) is 0.167. The predicted octanol–water partition coefficient (Wildman–Crippen LogP) is 14.6. The van der Waals surface area contributed by atoms with Crippen molar-refractivity contribution in [2.45, 2.75) is 0 Å². The van der Waals surface area contributed by atoms with E-state index in [0.29, 0.717) is 17.5 Å². The summed E-state index contributed by atoms with van der Waals surface area (Å²) in [5.74, 6) is 3.29. The van der Waals surface area contributed by atoms with Crippen LogP contribution in [0.3, 0.4) is 0 Å². The van der Waals surface area contributed by atoms with E-state index < -0.39 is 0 Å². The Hall–Kier alpha value is -8.81. The molecule has 1 aliphatic heterocycles. The first-order chi connectivity index (χ1) is 31.8. The third kappa shape index (κ3) is 5.58. The Bertz CT molecular complexity index is 3430. The Morgan fingerprint density at radius 1 is 0.297 bits per heavy atom. The van der Waals surface area contributed by atoms with Gasteiger partial charge in [0.05, 0.1) is 50.5 Å². The Morgan fingerprint density at radius 2 is 0.625 bits per heavy atom. The van der Waals surface area contributed by atoms with Crippen LogP contribution in [0.4, 0.5) is 17.1 Å². The lowest BCUT2D eigenvalue weighted by Gasteiger charge is -2.36. The van der Waals surface area contributed by atoms with E-state index in [1.807, 2.05) is 60.7 Å². The normalized spacial score (nSPS) is 12.2. The number of ether oxygens (including phenoxy) is 1. The highest BCUT2D eigenvalue weighted by atomic mass is 16.5. The lowest BCUT2D eigenvalue weighted by Crippen LogP contribution is -2.20. The average Bonchev–Trinajstić information content (AvgIpc) is 3.89. The van der Waals surface area contributed by atoms with Gasteiger partial charge in [-0.25, -0.2) is 15.0 Å². The van der Waals surface area contributed by atoms with Crippen molar-refractivity contribution in [2.75, 3.05) is 4.90 Å². The summed E-state index contributed by atoms with van der Waals surface area (Å²) in [5, 5.41) is 4.64. The molecule has 0 amide bonds. The molecule has 13 rings (SSSR count). The van der Waals surface area contributed by atoms with Gasteiger partial charge >= 0.3 is 0 Å². The molecule has 300 valence electrons. The summed E-state index contributed by atoms with van der Waals surface area (Å²) in [6, 6.07) is 76.2. The molecule has 64 heavy (non-hydrogen) atoms. The molecule has 0 aliphatic carbocycles. The molecule has 1 aliphatic rings. The number of anilines is 3. The van der Waals surface area contributed by atoms with Crippen LogP contribution in [0.5, 0.6) is 11.5 Å². The van der Waals surface area contributed by atoms with Gasteiger partial charge in [0.1, 0.15) is 0 Å². The molecule has 0 radical (unpaired) electrons. The third-order valence-electron chi connectivity index (χ3n) is 12.3. The smallest absolute Gasteiger partial charge is 0.164 e. The molecule has 0 saturated heterocycles. The van der Waals surface area contributed by atoms with Crippen molar-refractivity contribution in [3.8, 4) is 57.0 Å². The summed E-state index contributed by atoms with van der Waals surface area (Å²) in [7, 11) is 0. The average molecular weight is 821 g/mol. The van der Waals surface area contributed by atoms with Crippen molar-refractivity contribution < 1.29 is 4.74 Å². The van der Waals surface area contributed by atoms with Crippen molar-refractivity contribution >= 4 is 60.7 Å². The van der Waals surface area contributed by atoms with E-state index in [9.17, 15) is 0 Å². The zero-order valence-electron chi connectivity index (χ0n) is 34.4. The Kier molecular flexibility index (Phi) is 8.08. The number of fused-ring (bicyclic) bond motifs is 8. The van der Waals surface area contributed by atoms with Crippen molar-refractivity contribution in [3.63, 3.8) is 0 Å². The minimum atomic E-state index is 0.561. The lowest BCUT2D eigenvalue weighted by atomic mass is 10.0. The van der Waals surface area contributed by atoms with Gasteiger partial charge in [-0.05, 0) is 60.7 Å². The van der Waals surface area contributed by atoms with E-state index in [-0.39, 0.29) is 0 Å². The molecule has 4 heterocycles. The molecule has 0 bridgehead atoms. The highest BCUT2D eigenvalue weighted by Crippen LogP contribution is 2.55. The maximum Gasteiger partial charge on any atom is 0.164 e. The number of benzene rings is 9. The van der Waals surface area contributed by atoms with Crippen molar-refractivity contribution in [1.82, 2.24) is 24.1 Å². The molecular weight excluding hydrogens is 785 g/mol. The van der Waals surface area contributed by atoms with Gasteiger partial charge in [0, 0.05) is 38.2 Å². The van der Waals surface area contributed by atoms with E-state index in [1.165, 1.54) is 0 Å².